The number of carboxylic acid groups (broad SMARTS) is 1. The van der Waals surface area contributed by atoms with Gasteiger partial charge in [0.1, 0.15) is 0 Å². The molecule has 0 bridgehead atoms. The number of carbonyl (C=O) groups is 2. The normalized spacial score (nSPS) is 16.6. The monoisotopic (exact) mass is 244 g/mol. The van der Waals surface area contributed by atoms with Crippen molar-refractivity contribution in [3.8, 4) is 0 Å². The summed E-state index contributed by atoms with van der Waals surface area (Å²) in [5.41, 5.74) is -0.942. The summed E-state index contributed by atoms with van der Waals surface area (Å²) in [7, 11) is 0. The summed E-state index contributed by atoms with van der Waals surface area (Å²) < 4.78 is 0. The fraction of sp³-hybridized carbons (Fsp3) is 0.818. The van der Waals surface area contributed by atoms with Gasteiger partial charge in [-0.15, -0.1) is 0 Å². The number of likely N-dealkylation sites (tertiary alicyclic amines) is 1. The number of aliphatic hydroxyl groups is 1. The molecule has 1 aliphatic rings. The third kappa shape index (κ3) is 3.59. The zero-order chi connectivity index (χ0) is 13.2. The summed E-state index contributed by atoms with van der Waals surface area (Å²) in [6, 6.07) is -0.202. The minimum Gasteiger partial charge on any atom is -0.481 e. The van der Waals surface area contributed by atoms with Crippen LogP contribution in [0, 0.1) is 5.92 Å². The van der Waals surface area contributed by atoms with Crippen LogP contribution in [-0.4, -0.2) is 63.8 Å². The van der Waals surface area contributed by atoms with Gasteiger partial charge in [-0.05, 0) is 20.8 Å². The molecule has 0 radical (unpaired) electrons. The highest BCUT2D eigenvalue weighted by Crippen LogP contribution is 2.18. The lowest BCUT2D eigenvalue weighted by atomic mass is 10.0. The molecule has 17 heavy (non-hydrogen) atoms. The summed E-state index contributed by atoms with van der Waals surface area (Å²) >= 11 is 0. The van der Waals surface area contributed by atoms with E-state index in [2.05, 4.69) is 0 Å². The van der Waals surface area contributed by atoms with Crippen molar-refractivity contribution in [2.75, 3.05) is 26.2 Å². The first-order valence-electron chi connectivity index (χ1n) is 5.73. The van der Waals surface area contributed by atoms with Crippen molar-refractivity contribution < 1.29 is 19.8 Å². The predicted molar refractivity (Wildman–Crippen MR) is 61.6 cm³/mol. The molecule has 1 fully saturated rings. The average molecular weight is 244 g/mol. The standard InChI is InChI=1S/C11H20N2O4/c1-4-12(7-11(2,3)17)10(16)13-5-8(6-13)9(14)15/h8,17H,4-7H2,1-3H3,(H,14,15). The molecule has 0 atom stereocenters. The highest BCUT2D eigenvalue weighted by atomic mass is 16.4. The Morgan fingerprint density at radius 1 is 1.41 bits per heavy atom. The number of amides is 2. The van der Waals surface area contributed by atoms with Crippen LogP contribution in [0.1, 0.15) is 20.8 Å². The quantitative estimate of drug-likeness (QED) is 0.741. The Balaban J connectivity index is 2.49. The molecule has 98 valence electrons. The molecule has 0 aromatic carbocycles. The van der Waals surface area contributed by atoms with E-state index in [1.54, 1.807) is 13.8 Å². The molecule has 2 N–H and O–H groups in total. The minimum absolute atomic E-state index is 0.202. The largest absolute Gasteiger partial charge is 0.481 e. The van der Waals surface area contributed by atoms with Gasteiger partial charge < -0.3 is 20.0 Å². The van der Waals surface area contributed by atoms with Crippen LogP contribution in [0.15, 0.2) is 0 Å². The number of hydrogen-bond donors (Lipinski definition) is 2. The van der Waals surface area contributed by atoms with E-state index < -0.39 is 17.5 Å². The molecule has 0 aliphatic carbocycles. The summed E-state index contributed by atoms with van der Waals surface area (Å²) in [5.74, 6) is -1.31. The smallest absolute Gasteiger partial charge is 0.320 e. The first kappa shape index (κ1) is 13.8. The van der Waals surface area contributed by atoms with E-state index in [1.165, 1.54) is 9.80 Å². The van der Waals surface area contributed by atoms with E-state index >= 15 is 0 Å². The lowest BCUT2D eigenvalue weighted by Crippen LogP contribution is -2.58. The highest BCUT2D eigenvalue weighted by Gasteiger charge is 2.37. The maximum absolute atomic E-state index is 12.0. The second-order valence-electron chi connectivity index (χ2n) is 5.05. The second kappa shape index (κ2) is 4.91. The maximum Gasteiger partial charge on any atom is 0.320 e. The first-order chi connectivity index (χ1) is 7.74. The zero-order valence-corrected chi connectivity index (χ0v) is 10.5. The Kier molecular flexibility index (Phi) is 3.98. The fourth-order valence-corrected chi connectivity index (χ4v) is 1.77. The molecule has 0 spiro atoms. The van der Waals surface area contributed by atoms with Crippen LogP contribution < -0.4 is 0 Å². The van der Waals surface area contributed by atoms with Gasteiger partial charge >= 0.3 is 12.0 Å². The molecule has 0 aromatic rings. The summed E-state index contributed by atoms with van der Waals surface area (Å²) in [6.45, 7) is 6.37. The van der Waals surface area contributed by atoms with Crippen molar-refractivity contribution in [3.63, 3.8) is 0 Å². The van der Waals surface area contributed by atoms with Crippen LogP contribution in [0.3, 0.4) is 0 Å². The van der Waals surface area contributed by atoms with E-state index in [-0.39, 0.29) is 25.7 Å². The minimum atomic E-state index is -0.942. The Bertz CT molecular complexity index is 305. The summed E-state index contributed by atoms with van der Waals surface area (Å²) in [5, 5.41) is 18.4. The van der Waals surface area contributed by atoms with E-state index in [4.69, 9.17) is 5.11 Å². The summed E-state index contributed by atoms with van der Waals surface area (Å²) in [4.78, 5) is 25.6. The number of urea groups is 1. The molecule has 0 saturated carbocycles. The second-order valence-corrected chi connectivity index (χ2v) is 5.05. The SMILES string of the molecule is CCN(CC(C)(C)O)C(=O)N1CC(C(=O)O)C1. The lowest BCUT2D eigenvalue weighted by Gasteiger charge is -2.40. The topological polar surface area (TPSA) is 81.1 Å². The van der Waals surface area contributed by atoms with Gasteiger partial charge in [0.15, 0.2) is 0 Å². The first-order valence-corrected chi connectivity index (χ1v) is 5.73. The molecule has 0 unspecified atom stereocenters. The van der Waals surface area contributed by atoms with Crippen molar-refractivity contribution >= 4 is 12.0 Å². The molecule has 1 aliphatic heterocycles. The number of nitrogens with zero attached hydrogens (tertiary/aromatic N) is 2. The van der Waals surface area contributed by atoms with E-state index in [0.29, 0.717) is 6.54 Å². The Hall–Kier alpha value is -1.30. The predicted octanol–water partition coefficient (Wildman–Crippen LogP) is 0.216. The third-order valence-corrected chi connectivity index (χ3v) is 2.73. The van der Waals surface area contributed by atoms with Gasteiger partial charge in [0.05, 0.1) is 18.1 Å². The molecule has 1 saturated heterocycles. The number of rotatable bonds is 4. The Morgan fingerprint density at radius 3 is 2.29 bits per heavy atom. The fourth-order valence-electron chi connectivity index (χ4n) is 1.77. The number of carbonyl (C=O) groups excluding carboxylic acids is 1. The highest BCUT2D eigenvalue weighted by molar-refractivity contribution is 5.79. The van der Waals surface area contributed by atoms with Crippen LogP contribution in [0.2, 0.25) is 0 Å². The molecular weight excluding hydrogens is 224 g/mol. The lowest BCUT2D eigenvalue weighted by molar-refractivity contribution is -0.146. The molecule has 0 aromatic heterocycles. The van der Waals surface area contributed by atoms with Crippen molar-refractivity contribution in [2.24, 2.45) is 5.92 Å². The van der Waals surface area contributed by atoms with E-state index in [9.17, 15) is 14.7 Å². The van der Waals surface area contributed by atoms with Crippen LogP contribution >= 0.6 is 0 Å². The van der Waals surface area contributed by atoms with Gasteiger partial charge in [-0.2, -0.15) is 0 Å². The third-order valence-electron chi connectivity index (χ3n) is 2.73. The van der Waals surface area contributed by atoms with Crippen LogP contribution in [0.25, 0.3) is 0 Å². The Labute approximate surface area is 101 Å². The molecule has 1 rings (SSSR count). The van der Waals surface area contributed by atoms with Crippen molar-refractivity contribution in [1.82, 2.24) is 9.80 Å². The Morgan fingerprint density at radius 2 is 1.94 bits per heavy atom. The average Bonchev–Trinajstić information content (AvgIpc) is 2.09. The molecule has 1 heterocycles. The van der Waals surface area contributed by atoms with Gasteiger partial charge in [0.2, 0.25) is 0 Å². The molecule has 2 amide bonds. The van der Waals surface area contributed by atoms with Crippen LogP contribution in [-0.2, 0) is 4.79 Å². The van der Waals surface area contributed by atoms with Gasteiger partial charge in [-0.1, -0.05) is 0 Å². The van der Waals surface area contributed by atoms with Crippen LogP contribution in [0.4, 0.5) is 4.79 Å². The van der Waals surface area contributed by atoms with Gasteiger partial charge in [-0.3, -0.25) is 4.79 Å². The van der Waals surface area contributed by atoms with Crippen LogP contribution in [0.5, 0.6) is 0 Å². The molecular formula is C11H20N2O4. The van der Waals surface area contributed by atoms with Crippen molar-refractivity contribution in [3.05, 3.63) is 0 Å². The molecule has 6 heteroatoms. The van der Waals surface area contributed by atoms with E-state index in [1.807, 2.05) is 6.92 Å². The van der Waals surface area contributed by atoms with Gasteiger partial charge in [0, 0.05) is 19.6 Å². The summed E-state index contributed by atoms with van der Waals surface area (Å²) in [6.07, 6.45) is 0. The van der Waals surface area contributed by atoms with Crippen molar-refractivity contribution in [1.29, 1.82) is 0 Å². The number of carboxylic acids is 1. The number of hydrogen-bond acceptors (Lipinski definition) is 3. The maximum atomic E-state index is 12.0. The number of likely N-dealkylation sites (N-methyl/N-ethyl adjacent to an activating group) is 1. The van der Waals surface area contributed by atoms with E-state index in [0.717, 1.165) is 0 Å². The van der Waals surface area contributed by atoms with Gasteiger partial charge in [0.25, 0.3) is 0 Å². The van der Waals surface area contributed by atoms with Gasteiger partial charge in [-0.25, -0.2) is 4.79 Å². The zero-order valence-electron chi connectivity index (χ0n) is 10.5. The number of aliphatic carboxylic acids is 1. The molecule has 6 nitrogen and oxygen atoms in total. The van der Waals surface area contributed by atoms with Crippen molar-refractivity contribution in [2.45, 2.75) is 26.4 Å².